The Balaban J connectivity index is 3.62. The van der Waals surface area contributed by atoms with Crippen molar-refractivity contribution in [2.45, 2.75) is 59.8 Å². The molecular formula is C12H26O. The van der Waals surface area contributed by atoms with E-state index < -0.39 is 0 Å². The molecule has 1 nitrogen and oxygen atoms in total. The molecule has 1 unspecified atom stereocenters. The Bertz CT molecular complexity index is 118. The summed E-state index contributed by atoms with van der Waals surface area (Å²) in [5.41, 5.74) is 0.308. The molecule has 0 aromatic carbocycles. The van der Waals surface area contributed by atoms with Crippen molar-refractivity contribution in [3.63, 3.8) is 0 Å². The molecule has 0 amide bonds. The van der Waals surface area contributed by atoms with Crippen LogP contribution in [0.4, 0.5) is 0 Å². The van der Waals surface area contributed by atoms with Crippen LogP contribution in [0.1, 0.15) is 59.8 Å². The summed E-state index contributed by atoms with van der Waals surface area (Å²) in [6.07, 6.45) is 6.55. The molecule has 0 aliphatic carbocycles. The summed E-state index contributed by atoms with van der Waals surface area (Å²) in [6.45, 7) is 9.22. The maximum Gasteiger partial charge on any atom is 0.0461 e. The first-order chi connectivity index (χ1) is 6.04. The average Bonchev–Trinajstić information content (AvgIpc) is 2.11. The molecule has 0 saturated carbocycles. The van der Waals surface area contributed by atoms with Gasteiger partial charge in [0.1, 0.15) is 0 Å². The maximum absolute atomic E-state index is 9.07. The smallest absolute Gasteiger partial charge is 0.0461 e. The van der Waals surface area contributed by atoms with Crippen molar-refractivity contribution in [2.24, 2.45) is 11.3 Å². The van der Waals surface area contributed by atoms with E-state index in [1.54, 1.807) is 0 Å². The van der Waals surface area contributed by atoms with Crippen molar-refractivity contribution in [3.05, 3.63) is 0 Å². The second-order valence-electron chi connectivity index (χ2n) is 4.88. The standard InChI is InChI=1S/C12H26O/c1-5-6-7-8-9-12(3,4)11(2)10-13/h11,13H,5-10H2,1-4H3. The van der Waals surface area contributed by atoms with Crippen LogP contribution in [0.5, 0.6) is 0 Å². The third-order valence-electron chi connectivity index (χ3n) is 3.28. The molecular weight excluding hydrogens is 160 g/mol. The summed E-state index contributed by atoms with van der Waals surface area (Å²) >= 11 is 0. The van der Waals surface area contributed by atoms with Crippen molar-refractivity contribution in [2.75, 3.05) is 6.61 Å². The van der Waals surface area contributed by atoms with E-state index in [2.05, 4.69) is 27.7 Å². The van der Waals surface area contributed by atoms with E-state index >= 15 is 0 Å². The maximum atomic E-state index is 9.07. The van der Waals surface area contributed by atoms with Crippen LogP contribution in [-0.2, 0) is 0 Å². The Morgan fingerprint density at radius 2 is 1.77 bits per heavy atom. The second-order valence-corrected chi connectivity index (χ2v) is 4.88. The summed E-state index contributed by atoms with van der Waals surface area (Å²) in [5, 5.41) is 9.07. The van der Waals surface area contributed by atoms with Crippen molar-refractivity contribution in [3.8, 4) is 0 Å². The number of aliphatic hydroxyl groups is 1. The van der Waals surface area contributed by atoms with Gasteiger partial charge in [0, 0.05) is 6.61 Å². The molecule has 1 heteroatoms. The first kappa shape index (κ1) is 13.0. The summed E-state index contributed by atoms with van der Waals surface area (Å²) in [4.78, 5) is 0. The van der Waals surface area contributed by atoms with Crippen LogP contribution >= 0.6 is 0 Å². The summed E-state index contributed by atoms with van der Waals surface area (Å²) in [5.74, 6) is 0.425. The molecule has 0 heterocycles. The van der Waals surface area contributed by atoms with Gasteiger partial charge < -0.3 is 5.11 Å². The van der Waals surface area contributed by atoms with Crippen LogP contribution in [0.3, 0.4) is 0 Å². The molecule has 0 aromatic heterocycles. The molecule has 0 rings (SSSR count). The molecule has 0 aromatic rings. The minimum atomic E-state index is 0.308. The fourth-order valence-electron chi connectivity index (χ4n) is 1.50. The molecule has 0 radical (unpaired) electrons. The molecule has 0 aliphatic heterocycles. The van der Waals surface area contributed by atoms with Crippen LogP contribution in [0.25, 0.3) is 0 Å². The molecule has 0 fully saturated rings. The molecule has 0 bridgehead atoms. The third kappa shape index (κ3) is 5.30. The molecule has 0 spiro atoms. The Hall–Kier alpha value is -0.0400. The zero-order valence-electron chi connectivity index (χ0n) is 9.77. The van der Waals surface area contributed by atoms with E-state index in [9.17, 15) is 0 Å². The highest BCUT2D eigenvalue weighted by atomic mass is 16.3. The average molecular weight is 186 g/mol. The Morgan fingerprint density at radius 3 is 2.23 bits per heavy atom. The largest absolute Gasteiger partial charge is 0.396 e. The predicted molar refractivity (Wildman–Crippen MR) is 58.8 cm³/mol. The molecule has 1 N–H and O–H groups in total. The normalized spacial score (nSPS) is 14.5. The molecule has 1 atom stereocenters. The highest BCUT2D eigenvalue weighted by Gasteiger charge is 2.24. The molecule has 80 valence electrons. The van der Waals surface area contributed by atoms with Gasteiger partial charge in [-0.2, -0.15) is 0 Å². The minimum absolute atomic E-state index is 0.308. The second kappa shape index (κ2) is 6.42. The van der Waals surface area contributed by atoms with Crippen LogP contribution in [0.2, 0.25) is 0 Å². The van der Waals surface area contributed by atoms with E-state index in [1.807, 2.05) is 0 Å². The Morgan fingerprint density at radius 1 is 1.15 bits per heavy atom. The molecule has 0 aliphatic rings. The zero-order chi connectivity index (χ0) is 10.3. The zero-order valence-corrected chi connectivity index (χ0v) is 9.77. The van der Waals surface area contributed by atoms with Crippen LogP contribution in [-0.4, -0.2) is 11.7 Å². The topological polar surface area (TPSA) is 20.2 Å². The fourth-order valence-corrected chi connectivity index (χ4v) is 1.50. The number of rotatable bonds is 7. The van der Waals surface area contributed by atoms with E-state index in [4.69, 9.17) is 5.11 Å². The SMILES string of the molecule is CCCCCCC(C)(C)C(C)CO. The van der Waals surface area contributed by atoms with Crippen LogP contribution in [0.15, 0.2) is 0 Å². The number of hydrogen-bond donors (Lipinski definition) is 1. The van der Waals surface area contributed by atoms with Gasteiger partial charge in [0.2, 0.25) is 0 Å². The first-order valence-electron chi connectivity index (χ1n) is 5.65. The highest BCUT2D eigenvalue weighted by molar-refractivity contribution is 4.74. The van der Waals surface area contributed by atoms with Gasteiger partial charge in [-0.05, 0) is 17.8 Å². The number of unbranched alkanes of at least 4 members (excludes halogenated alkanes) is 3. The van der Waals surface area contributed by atoms with Gasteiger partial charge in [0.05, 0.1) is 0 Å². The number of aliphatic hydroxyl groups excluding tert-OH is 1. The van der Waals surface area contributed by atoms with E-state index in [1.165, 1.54) is 32.1 Å². The van der Waals surface area contributed by atoms with Gasteiger partial charge in [0.15, 0.2) is 0 Å². The van der Waals surface area contributed by atoms with Crippen LogP contribution < -0.4 is 0 Å². The summed E-state index contributed by atoms with van der Waals surface area (Å²) in [7, 11) is 0. The first-order valence-corrected chi connectivity index (χ1v) is 5.65. The summed E-state index contributed by atoms with van der Waals surface area (Å²) < 4.78 is 0. The molecule has 0 saturated heterocycles. The Kier molecular flexibility index (Phi) is 6.40. The lowest BCUT2D eigenvalue weighted by atomic mass is 9.76. The van der Waals surface area contributed by atoms with Crippen molar-refractivity contribution < 1.29 is 5.11 Å². The van der Waals surface area contributed by atoms with Gasteiger partial charge >= 0.3 is 0 Å². The van der Waals surface area contributed by atoms with Gasteiger partial charge in [-0.15, -0.1) is 0 Å². The third-order valence-corrected chi connectivity index (χ3v) is 3.28. The van der Waals surface area contributed by atoms with E-state index in [0.717, 1.165) is 0 Å². The lowest BCUT2D eigenvalue weighted by molar-refractivity contribution is 0.120. The lowest BCUT2D eigenvalue weighted by Gasteiger charge is -2.30. The summed E-state index contributed by atoms with van der Waals surface area (Å²) in [6, 6.07) is 0. The van der Waals surface area contributed by atoms with Gasteiger partial charge in [0.25, 0.3) is 0 Å². The van der Waals surface area contributed by atoms with Gasteiger partial charge in [-0.1, -0.05) is 53.4 Å². The van der Waals surface area contributed by atoms with Crippen LogP contribution in [0, 0.1) is 11.3 Å². The van der Waals surface area contributed by atoms with E-state index in [0.29, 0.717) is 17.9 Å². The molecule has 13 heavy (non-hydrogen) atoms. The lowest BCUT2D eigenvalue weighted by Crippen LogP contribution is -2.24. The predicted octanol–water partition coefficient (Wildman–Crippen LogP) is 3.61. The van der Waals surface area contributed by atoms with Crippen molar-refractivity contribution >= 4 is 0 Å². The fraction of sp³-hybridized carbons (Fsp3) is 1.00. The quantitative estimate of drug-likeness (QED) is 0.602. The van der Waals surface area contributed by atoms with Crippen molar-refractivity contribution in [1.29, 1.82) is 0 Å². The van der Waals surface area contributed by atoms with Gasteiger partial charge in [-0.3, -0.25) is 0 Å². The highest BCUT2D eigenvalue weighted by Crippen LogP contribution is 2.32. The van der Waals surface area contributed by atoms with E-state index in [-0.39, 0.29) is 0 Å². The van der Waals surface area contributed by atoms with Gasteiger partial charge in [-0.25, -0.2) is 0 Å². The number of hydrogen-bond acceptors (Lipinski definition) is 1. The Labute approximate surface area is 83.5 Å². The monoisotopic (exact) mass is 186 g/mol. The van der Waals surface area contributed by atoms with Crippen molar-refractivity contribution in [1.82, 2.24) is 0 Å². The minimum Gasteiger partial charge on any atom is -0.396 e.